The van der Waals surface area contributed by atoms with Gasteiger partial charge in [0.15, 0.2) is 0 Å². The average Bonchev–Trinajstić information content (AvgIpc) is 2.43. The number of pyridine rings is 1. The Hall–Kier alpha value is -1.62. The summed E-state index contributed by atoms with van der Waals surface area (Å²) in [5.74, 6) is 0.547. The van der Waals surface area contributed by atoms with Crippen LogP contribution in [0.2, 0.25) is 0 Å². The molecular formula is C13H21N3O2. The van der Waals surface area contributed by atoms with Crippen molar-refractivity contribution < 1.29 is 9.53 Å². The van der Waals surface area contributed by atoms with Crippen LogP contribution in [0.3, 0.4) is 0 Å². The van der Waals surface area contributed by atoms with Crippen molar-refractivity contribution in [3.63, 3.8) is 0 Å². The lowest BCUT2D eigenvalue weighted by Gasteiger charge is -2.18. The molecule has 1 rings (SSSR count). The fourth-order valence-corrected chi connectivity index (χ4v) is 1.55. The lowest BCUT2D eigenvalue weighted by Crippen LogP contribution is -2.44. The van der Waals surface area contributed by atoms with Gasteiger partial charge in [0.25, 0.3) is 0 Å². The van der Waals surface area contributed by atoms with Crippen LogP contribution in [0.25, 0.3) is 0 Å². The van der Waals surface area contributed by atoms with Gasteiger partial charge < -0.3 is 15.8 Å². The number of nitrogens with one attached hydrogen (secondary N) is 1. The van der Waals surface area contributed by atoms with E-state index in [4.69, 9.17) is 10.5 Å². The van der Waals surface area contributed by atoms with Gasteiger partial charge in [-0.25, -0.2) is 4.98 Å². The highest BCUT2D eigenvalue weighted by Gasteiger charge is 2.19. The molecule has 0 saturated carbocycles. The molecule has 0 bridgehead atoms. The molecule has 5 nitrogen and oxygen atoms in total. The van der Waals surface area contributed by atoms with Crippen molar-refractivity contribution in [2.24, 2.45) is 11.7 Å². The van der Waals surface area contributed by atoms with E-state index in [0.717, 1.165) is 12.0 Å². The van der Waals surface area contributed by atoms with Gasteiger partial charge >= 0.3 is 0 Å². The number of carbonyl (C=O) groups excluding carboxylic acids is 1. The highest BCUT2D eigenvalue weighted by Crippen LogP contribution is 2.13. The van der Waals surface area contributed by atoms with Crippen LogP contribution in [-0.2, 0) is 11.3 Å². The number of carbonyl (C=O) groups is 1. The van der Waals surface area contributed by atoms with E-state index in [1.165, 1.54) is 0 Å². The molecule has 1 heterocycles. The molecule has 0 aliphatic carbocycles. The highest BCUT2D eigenvalue weighted by atomic mass is 16.5. The van der Waals surface area contributed by atoms with Crippen LogP contribution in [0.4, 0.5) is 0 Å². The largest absolute Gasteiger partial charge is 0.481 e. The summed E-state index contributed by atoms with van der Waals surface area (Å²) < 4.78 is 5.11. The highest BCUT2D eigenvalue weighted by molar-refractivity contribution is 5.81. The van der Waals surface area contributed by atoms with Crippen LogP contribution in [0.15, 0.2) is 18.3 Å². The molecule has 5 heteroatoms. The first-order chi connectivity index (χ1) is 8.60. The van der Waals surface area contributed by atoms with Crippen LogP contribution >= 0.6 is 0 Å². The number of rotatable bonds is 6. The molecule has 18 heavy (non-hydrogen) atoms. The summed E-state index contributed by atoms with van der Waals surface area (Å²) in [5.41, 5.74) is 6.68. The molecule has 0 unspecified atom stereocenters. The SMILES string of the molecule is CC[C@H](C)[C@H](N)C(=O)NCc1cccnc1OC. The Morgan fingerprint density at radius 2 is 2.33 bits per heavy atom. The van der Waals surface area contributed by atoms with E-state index in [0.29, 0.717) is 12.4 Å². The second-order valence-corrected chi connectivity index (χ2v) is 4.30. The average molecular weight is 251 g/mol. The molecular weight excluding hydrogens is 230 g/mol. The maximum atomic E-state index is 11.8. The number of methoxy groups -OCH3 is 1. The third-order valence-corrected chi connectivity index (χ3v) is 3.06. The molecule has 3 N–H and O–H groups in total. The quantitative estimate of drug-likeness (QED) is 0.793. The summed E-state index contributed by atoms with van der Waals surface area (Å²) in [7, 11) is 1.55. The number of aromatic nitrogens is 1. The van der Waals surface area contributed by atoms with Gasteiger partial charge in [0.05, 0.1) is 13.2 Å². The predicted octanol–water partition coefficient (Wildman–Crippen LogP) is 1.08. The van der Waals surface area contributed by atoms with Crippen molar-refractivity contribution in [2.75, 3.05) is 7.11 Å². The zero-order chi connectivity index (χ0) is 13.5. The summed E-state index contributed by atoms with van der Waals surface area (Å²) in [6.45, 7) is 4.36. The van der Waals surface area contributed by atoms with Gasteiger partial charge in [-0.15, -0.1) is 0 Å². The lowest BCUT2D eigenvalue weighted by atomic mass is 9.99. The minimum Gasteiger partial charge on any atom is -0.481 e. The first-order valence-electron chi connectivity index (χ1n) is 6.11. The minimum atomic E-state index is -0.474. The van der Waals surface area contributed by atoms with Gasteiger partial charge in [-0.3, -0.25) is 4.79 Å². The molecule has 0 spiro atoms. The fourth-order valence-electron chi connectivity index (χ4n) is 1.55. The Kier molecular flexibility index (Phi) is 5.58. The minimum absolute atomic E-state index is 0.143. The number of hydrogen-bond acceptors (Lipinski definition) is 4. The van der Waals surface area contributed by atoms with Gasteiger partial charge in [0, 0.05) is 18.3 Å². The molecule has 100 valence electrons. The van der Waals surface area contributed by atoms with Gasteiger partial charge in [0.2, 0.25) is 11.8 Å². The van der Waals surface area contributed by atoms with E-state index < -0.39 is 6.04 Å². The van der Waals surface area contributed by atoms with E-state index in [2.05, 4.69) is 10.3 Å². The summed E-state index contributed by atoms with van der Waals surface area (Å²) in [6.07, 6.45) is 2.53. The van der Waals surface area contributed by atoms with Crippen LogP contribution < -0.4 is 15.8 Å². The number of amides is 1. The summed E-state index contributed by atoms with van der Waals surface area (Å²) in [4.78, 5) is 15.9. The van der Waals surface area contributed by atoms with Crippen LogP contribution in [0.1, 0.15) is 25.8 Å². The molecule has 0 aliphatic rings. The number of hydrogen-bond donors (Lipinski definition) is 2. The molecule has 0 saturated heterocycles. The van der Waals surface area contributed by atoms with E-state index in [1.807, 2.05) is 19.9 Å². The summed E-state index contributed by atoms with van der Waals surface area (Å²) >= 11 is 0. The van der Waals surface area contributed by atoms with Crippen molar-refractivity contribution in [1.29, 1.82) is 0 Å². The van der Waals surface area contributed by atoms with Crippen molar-refractivity contribution in [1.82, 2.24) is 10.3 Å². The Morgan fingerprint density at radius 3 is 2.94 bits per heavy atom. The zero-order valence-electron chi connectivity index (χ0n) is 11.1. The maximum absolute atomic E-state index is 11.8. The van der Waals surface area contributed by atoms with E-state index in [1.54, 1.807) is 19.4 Å². The molecule has 0 fully saturated rings. The molecule has 1 aromatic heterocycles. The molecule has 2 atom stereocenters. The molecule has 0 aliphatic heterocycles. The Bertz CT molecular complexity index is 396. The van der Waals surface area contributed by atoms with Gasteiger partial charge in [-0.1, -0.05) is 26.3 Å². The Labute approximate surface area is 108 Å². The Balaban J connectivity index is 2.57. The summed E-state index contributed by atoms with van der Waals surface area (Å²) in [5, 5.41) is 2.80. The zero-order valence-corrected chi connectivity index (χ0v) is 11.1. The van der Waals surface area contributed by atoms with E-state index >= 15 is 0 Å². The second-order valence-electron chi connectivity index (χ2n) is 4.30. The lowest BCUT2D eigenvalue weighted by molar-refractivity contribution is -0.123. The molecule has 0 radical (unpaired) electrons. The Morgan fingerprint density at radius 1 is 1.61 bits per heavy atom. The van der Waals surface area contributed by atoms with Crippen molar-refractivity contribution >= 4 is 5.91 Å². The smallest absolute Gasteiger partial charge is 0.237 e. The van der Waals surface area contributed by atoms with Gasteiger partial charge in [-0.05, 0) is 12.0 Å². The van der Waals surface area contributed by atoms with Crippen molar-refractivity contribution in [3.8, 4) is 5.88 Å². The molecule has 1 amide bonds. The maximum Gasteiger partial charge on any atom is 0.237 e. The van der Waals surface area contributed by atoms with Crippen LogP contribution in [-0.4, -0.2) is 24.0 Å². The van der Waals surface area contributed by atoms with Crippen molar-refractivity contribution in [3.05, 3.63) is 23.9 Å². The fraction of sp³-hybridized carbons (Fsp3) is 0.538. The molecule has 0 aromatic carbocycles. The van der Waals surface area contributed by atoms with Gasteiger partial charge in [0.1, 0.15) is 0 Å². The molecule has 1 aromatic rings. The standard InChI is InChI=1S/C13H21N3O2/c1-4-9(2)11(14)12(17)16-8-10-6-5-7-15-13(10)18-3/h5-7,9,11H,4,8,14H2,1-3H3,(H,16,17)/t9-,11-/m0/s1. The summed E-state index contributed by atoms with van der Waals surface area (Å²) in [6, 6.07) is 3.19. The second kappa shape index (κ2) is 6.96. The van der Waals surface area contributed by atoms with E-state index in [9.17, 15) is 4.79 Å². The topological polar surface area (TPSA) is 77.2 Å². The predicted molar refractivity (Wildman–Crippen MR) is 70.1 cm³/mol. The number of ether oxygens (including phenoxy) is 1. The normalized spacial score (nSPS) is 13.8. The third kappa shape index (κ3) is 3.70. The van der Waals surface area contributed by atoms with E-state index in [-0.39, 0.29) is 11.8 Å². The first kappa shape index (κ1) is 14.4. The van der Waals surface area contributed by atoms with Crippen LogP contribution in [0.5, 0.6) is 5.88 Å². The number of nitrogens with zero attached hydrogens (tertiary/aromatic N) is 1. The first-order valence-corrected chi connectivity index (χ1v) is 6.11. The monoisotopic (exact) mass is 251 g/mol. The van der Waals surface area contributed by atoms with Crippen LogP contribution in [0, 0.1) is 5.92 Å². The number of nitrogens with two attached hydrogens (primary N) is 1. The van der Waals surface area contributed by atoms with Gasteiger partial charge in [-0.2, -0.15) is 0 Å². The third-order valence-electron chi connectivity index (χ3n) is 3.06. The van der Waals surface area contributed by atoms with Crippen molar-refractivity contribution in [2.45, 2.75) is 32.9 Å².